The molecular weight excluding hydrogens is 270 g/mol. The fourth-order valence-electron chi connectivity index (χ4n) is 2.91. The zero-order valence-electron chi connectivity index (χ0n) is 12.5. The highest BCUT2D eigenvalue weighted by atomic mass is 32.1. The first-order chi connectivity index (χ1) is 9.66. The lowest BCUT2D eigenvalue weighted by atomic mass is 9.89. The van der Waals surface area contributed by atoms with Gasteiger partial charge in [0.05, 0.1) is 6.61 Å². The fourth-order valence-corrected chi connectivity index (χ4v) is 3.55. The van der Waals surface area contributed by atoms with Crippen molar-refractivity contribution >= 4 is 17.3 Å². The van der Waals surface area contributed by atoms with E-state index in [9.17, 15) is 4.79 Å². The van der Waals surface area contributed by atoms with Crippen LogP contribution in [0.25, 0.3) is 0 Å². The Morgan fingerprint density at radius 2 is 2.35 bits per heavy atom. The van der Waals surface area contributed by atoms with Crippen LogP contribution in [-0.2, 0) is 16.1 Å². The van der Waals surface area contributed by atoms with Crippen LogP contribution in [0.3, 0.4) is 0 Å². The highest BCUT2D eigenvalue weighted by molar-refractivity contribution is 7.09. The third-order valence-corrected chi connectivity index (χ3v) is 5.09. The summed E-state index contributed by atoms with van der Waals surface area (Å²) >= 11 is 1.73. The lowest BCUT2D eigenvalue weighted by molar-refractivity contribution is -0.152. The molecule has 2 atom stereocenters. The van der Waals surface area contributed by atoms with Gasteiger partial charge in [-0.3, -0.25) is 10.1 Å². The summed E-state index contributed by atoms with van der Waals surface area (Å²) in [5.74, 6) is 0.639. The third-order valence-electron chi connectivity index (χ3n) is 4.21. The summed E-state index contributed by atoms with van der Waals surface area (Å²) in [5, 5.41) is 5.59. The van der Waals surface area contributed by atoms with Crippen molar-refractivity contribution in [2.24, 2.45) is 5.92 Å². The summed E-state index contributed by atoms with van der Waals surface area (Å²) in [6, 6.07) is 4.16. The van der Waals surface area contributed by atoms with E-state index in [0.717, 1.165) is 32.2 Å². The Bertz CT molecular complexity index is 418. The van der Waals surface area contributed by atoms with Crippen molar-refractivity contribution < 1.29 is 9.53 Å². The number of nitrogens with one attached hydrogen (secondary N) is 1. The van der Waals surface area contributed by atoms with E-state index in [4.69, 9.17) is 4.74 Å². The molecule has 0 amide bonds. The monoisotopic (exact) mass is 295 g/mol. The maximum Gasteiger partial charge on any atom is 0.326 e. The molecule has 1 fully saturated rings. The Morgan fingerprint density at radius 3 is 3.05 bits per heavy atom. The molecule has 20 heavy (non-hydrogen) atoms. The van der Waals surface area contributed by atoms with Gasteiger partial charge in [-0.2, -0.15) is 0 Å². The Labute approximate surface area is 125 Å². The molecule has 4 heteroatoms. The van der Waals surface area contributed by atoms with Crippen LogP contribution in [0.15, 0.2) is 17.5 Å². The second-order valence-electron chi connectivity index (χ2n) is 5.77. The first-order valence-electron chi connectivity index (χ1n) is 7.61. The van der Waals surface area contributed by atoms with Crippen molar-refractivity contribution in [3.8, 4) is 0 Å². The van der Waals surface area contributed by atoms with Gasteiger partial charge >= 0.3 is 5.97 Å². The van der Waals surface area contributed by atoms with Crippen LogP contribution < -0.4 is 5.32 Å². The normalized spacial score (nSPS) is 27.0. The van der Waals surface area contributed by atoms with Crippen molar-refractivity contribution in [1.82, 2.24) is 5.32 Å². The molecule has 2 unspecified atom stereocenters. The van der Waals surface area contributed by atoms with Gasteiger partial charge in [0.25, 0.3) is 0 Å². The van der Waals surface area contributed by atoms with Crippen molar-refractivity contribution in [2.75, 3.05) is 6.61 Å². The van der Waals surface area contributed by atoms with Gasteiger partial charge in [0.2, 0.25) is 0 Å². The van der Waals surface area contributed by atoms with Gasteiger partial charge in [0.1, 0.15) is 5.54 Å². The van der Waals surface area contributed by atoms with E-state index in [-0.39, 0.29) is 5.97 Å². The summed E-state index contributed by atoms with van der Waals surface area (Å²) in [4.78, 5) is 13.7. The highest BCUT2D eigenvalue weighted by Crippen LogP contribution is 2.32. The molecule has 0 saturated heterocycles. The minimum atomic E-state index is -0.481. The van der Waals surface area contributed by atoms with Gasteiger partial charge < -0.3 is 4.74 Å². The van der Waals surface area contributed by atoms with E-state index in [1.54, 1.807) is 11.3 Å². The van der Waals surface area contributed by atoms with Crippen LogP contribution in [0.2, 0.25) is 0 Å². The molecule has 112 valence electrons. The minimum absolute atomic E-state index is 0.0642. The summed E-state index contributed by atoms with van der Waals surface area (Å²) in [6.45, 7) is 5.37. The smallest absolute Gasteiger partial charge is 0.326 e. The van der Waals surface area contributed by atoms with Gasteiger partial charge in [-0.05, 0) is 43.6 Å². The van der Waals surface area contributed by atoms with E-state index < -0.39 is 5.54 Å². The minimum Gasteiger partial charge on any atom is -0.465 e. The molecule has 2 rings (SSSR count). The summed E-state index contributed by atoms with van der Waals surface area (Å²) < 4.78 is 5.35. The third kappa shape index (κ3) is 3.83. The van der Waals surface area contributed by atoms with Crippen molar-refractivity contribution in [3.05, 3.63) is 22.4 Å². The van der Waals surface area contributed by atoms with E-state index >= 15 is 0 Å². The average Bonchev–Trinajstić information content (AvgIpc) is 2.88. The van der Waals surface area contributed by atoms with Gasteiger partial charge in [0.15, 0.2) is 0 Å². The van der Waals surface area contributed by atoms with Gasteiger partial charge in [0, 0.05) is 11.4 Å². The highest BCUT2D eigenvalue weighted by Gasteiger charge is 2.40. The van der Waals surface area contributed by atoms with Gasteiger partial charge in [-0.25, -0.2) is 0 Å². The first kappa shape index (κ1) is 15.5. The lowest BCUT2D eigenvalue weighted by Crippen LogP contribution is -2.52. The van der Waals surface area contributed by atoms with E-state index in [2.05, 4.69) is 23.7 Å². The molecule has 0 spiro atoms. The lowest BCUT2D eigenvalue weighted by Gasteiger charge is -2.31. The number of carbonyl (C=O) groups is 1. The van der Waals surface area contributed by atoms with Crippen molar-refractivity contribution in [3.63, 3.8) is 0 Å². The van der Waals surface area contributed by atoms with Crippen molar-refractivity contribution in [1.29, 1.82) is 0 Å². The van der Waals surface area contributed by atoms with Crippen LogP contribution in [0.1, 0.15) is 50.8 Å². The Kier molecular flexibility index (Phi) is 5.61. The summed E-state index contributed by atoms with van der Waals surface area (Å²) in [7, 11) is 0. The molecule has 3 nitrogen and oxygen atoms in total. The molecular formula is C16H25NO2S. The quantitative estimate of drug-likeness (QED) is 0.664. The number of hydrogen-bond donors (Lipinski definition) is 1. The van der Waals surface area contributed by atoms with Crippen LogP contribution in [0.4, 0.5) is 0 Å². The molecule has 0 aromatic carbocycles. The number of thiophene rings is 1. The SMILES string of the molecule is CCOC(=O)C1(NCc2cccs2)CCCC(C)CC1. The van der Waals surface area contributed by atoms with Crippen LogP contribution in [-0.4, -0.2) is 18.1 Å². The summed E-state index contributed by atoms with van der Waals surface area (Å²) in [5.41, 5.74) is -0.481. The number of esters is 1. The molecule has 1 saturated carbocycles. The number of ether oxygens (including phenoxy) is 1. The molecule has 1 heterocycles. The molecule has 1 N–H and O–H groups in total. The molecule has 0 aliphatic heterocycles. The van der Waals surface area contributed by atoms with Crippen LogP contribution in [0.5, 0.6) is 0 Å². The topological polar surface area (TPSA) is 38.3 Å². The molecule has 0 radical (unpaired) electrons. The molecule has 1 aliphatic rings. The maximum absolute atomic E-state index is 12.5. The Balaban J connectivity index is 2.08. The largest absolute Gasteiger partial charge is 0.465 e. The predicted octanol–water partition coefficient (Wildman–Crippen LogP) is 3.74. The molecule has 1 aromatic heterocycles. The van der Waals surface area contributed by atoms with Gasteiger partial charge in [-0.1, -0.05) is 25.8 Å². The number of rotatable bonds is 5. The predicted molar refractivity (Wildman–Crippen MR) is 82.8 cm³/mol. The Hall–Kier alpha value is -0.870. The van der Waals surface area contributed by atoms with Crippen LogP contribution >= 0.6 is 11.3 Å². The molecule has 1 aromatic rings. The standard InChI is InChI=1S/C16H25NO2S/c1-3-19-15(18)16(9-4-6-13(2)8-10-16)17-12-14-7-5-11-20-14/h5,7,11,13,17H,3-4,6,8-10,12H2,1-2H3. The molecule has 1 aliphatic carbocycles. The first-order valence-corrected chi connectivity index (χ1v) is 8.49. The molecule has 0 bridgehead atoms. The van der Waals surface area contributed by atoms with E-state index in [1.165, 1.54) is 11.3 Å². The summed E-state index contributed by atoms with van der Waals surface area (Å²) in [6.07, 6.45) is 5.18. The maximum atomic E-state index is 12.5. The fraction of sp³-hybridized carbons (Fsp3) is 0.688. The van der Waals surface area contributed by atoms with E-state index in [0.29, 0.717) is 12.5 Å². The Morgan fingerprint density at radius 1 is 1.50 bits per heavy atom. The zero-order valence-corrected chi connectivity index (χ0v) is 13.3. The second-order valence-corrected chi connectivity index (χ2v) is 6.80. The van der Waals surface area contributed by atoms with Crippen molar-refractivity contribution in [2.45, 2.75) is 58.0 Å². The average molecular weight is 295 g/mol. The van der Waals surface area contributed by atoms with Crippen LogP contribution in [0, 0.1) is 5.92 Å². The zero-order chi connectivity index (χ0) is 14.4. The number of hydrogen-bond acceptors (Lipinski definition) is 4. The van der Waals surface area contributed by atoms with Gasteiger partial charge in [-0.15, -0.1) is 11.3 Å². The number of carbonyl (C=O) groups excluding carboxylic acids is 1. The second kappa shape index (κ2) is 7.23. The van der Waals surface area contributed by atoms with E-state index in [1.807, 2.05) is 13.0 Å².